The van der Waals surface area contributed by atoms with E-state index in [1.807, 2.05) is 30.3 Å². The molecule has 0 saturated heterocycles. The topological polar surface area (TPSA) is 99.4 Å². The van der Waals surface area contributed by atoms with Gasteiger partial charge in [0.15, 0.2) is 0 Å². The van der Waals surface area contributed by atoms with Gasteiger partial charge in [0, 0.05) is 11.3 Å². The summed E-state index contributed by atoms with van der Waals surface area (Å²) in [5.41, 5.74) is 3.27. The minimum Gasteiger partial charge on any atom is -0.489 e. The number of hydrogen-bond donors (Lipinski definition) is 2. The highest BCUT2D eigenvalue weighted by atomic mass is 16.5. The number of carbonyl (C=O) groups is 2. The third-order valence-electron chi connectivity index (χ3n) is 4.52. The van der Waals surface area contributed by atoms with Crippen LogP contribution in [0.1, 0.15) is 32.6 Å². The monoisotopic (exact) mass is 400 g/mol. The van der Waals surface area contributed by atoms with Crippen LogP contribution in [0.3, 0.4) is 0 Å². The number of ether oxygens (including phenoxy) is 1. The van der Waals surface area contributed by atoms with Crippen LogP contribution >= 0.6 is 0 Å². The van der Waals surface area contributed by atoms with Crippen molar-refractivity contribution in [3.05, 3.63) is 94.5 Å². The molecule has 3 aromatic carbocycles. The van der Waals surface area contributed by atoms with E-state index in [1.165, 1.54) is 6.07 Å². The van der Waals surface area contributed by atoms with E-state index >= 15 is 0 Å². The van der Waals surface area contributed by atoms with Gasteiger partial charge in [-0.25, -0.2) is 4.79 Å². The Kier molecular flexibility index (Phi) is 6.46. The molecule has 0 aliphatic rings. The lowest BCUT2D eigenvalue weighted by molar-refractivity contribution is -0.115. The third kappa shape index (κ3) is 5.24. The van der Waals surface area contributed by atoms with E-state index < -0.39 is 5.97 Å². The van der Waals surface area contributed by atoms with E-state index in [2.05, 4.69) is 11.4 Å². The zero-order chi connectivity index (χ0) is 21.5. The molecule has 150 valence electrons. The Morgan fingerprint density at radius 1 is 1.07 bits per heavy atom. The quantitative estimate of drug-likeness (QED) is 0.615. The van der Waals surface area contributed by atoms with Crippen molar-refractivity contribution in [2.24, 2.45) is 0 Å². The van der Waals surface area contributed by atoms with Crippen molar-refractivity contribution >= 4 is 17.6 Å². The second-order valence-electron chi connectivity index (χ2n) is 6.77. The number of carbonyl (C=O) groups excluding carboxylic acids is 1. The molecule has 0 fully saturated rings. The molecular formula is C24H20N2O4. The number of nitrogens with one attached hydrogen (secondary N) is 1. The van der Waals surface area contributed by atoms with E-state index in [-0.39, 0.29) is 17.9 Å². The molecule has 2 N–H and O–H groups in total. The van der Waals surface area contributed by atoms with Crippen LogP contribution in [0.15, 0.2) is 66.7 Å². The van der Waals surface area contributed by atoms with Crippen LogP contribution in [0.5, 0.6) is 5.75 Å². The molecule has 3 aromatic rings. The van der Waals surface area contributed by atoms with Crippen molar-refractivity contribution in [3.8, 4) is 11.8 Å². The van der Waals surface area contributed by atoms with Crippen molar-refractivity contribution in [1.29, 1.82) is 5.26 Å². The second kappa shape index (κ2) is 9.39. The lowest BCUT2D eigenvalue weighted by Gasteiger charge is -2.13. The van der Waals surface area contributed by atoms with Crippen molar-refractivity contribution in [2.45, 2.75) is 20.0 Å². The van der Waals surface area contributed by atoms with E-state index in [0.717, 1.165) is 5.56 Å². The highest BCUT2D eigenvalue weighted by Gasteiger charge is 2.13. The predicted octanol–water partition coefficient (Wildman–Crippen LogP) is 4.33. The summed E-state index contributed by atoms with van der Waals surface area (Å²) in [6.07, 6.45) is 0.0133. The highest BCUT2D eigenvalue weighted by Crippen LogP contribution is 2.23. The summed E-state index contributed by atoms with van der Waals surface area (Å²) in [6, 6.07) is 21.3. The lowest BCUT2D eigenvalue weighted by atomic mass is 10.1. The summed E-state index contributed by atoms with van der Waals surface area (Å²) < 4.78 is 5.88. The van der Waals surface area contributed by atoms with Gasteiger partial charge in [-0.3, -0.25) is 4.79 Å². The molecule has 6 nitrogen and oxygen atoms in total. The van der Waals surface area contributed by atoms with Gasteiger partial charge in [0.25, 0.3) is 0 Å². The number of amides is 1. The molecule has 30 heavy (non-hydrogen) atoms. The van der Waals surface area contributed by atoms with Gasteiger partial charge in [-0.1, -0.05) is 30.3 Å². The molecule has 0 aliphatic heterocycles. The van der Waals surface area contributed by atoms with Crippen LogP contribution < -0.4 is 10.1 Å². The summed E-state index contributed by atoms with van der Waals surface area (Å²) in [6.45, 7) is 2.02. The Balaban J connectivity index is 1.74. The molecule has 0 heterocycles. The average molecular weight is 400 g/mol. The Labute approximate surface area is 174 Å². The fourth-order valence-electron chi connectivity index (χ4n) is 3.02. The Morgan fingerprint density at radius 3 is 2.50 bits per heavy atom. The van der Waals surface area contributed by atoms with Crippen molar-refractivity contribution in [2.75, 3.05) is 5.32 Å². The normalized spacial score (nSPS) is 10.1. The fourth-order valence-corrected chi connectivity index (χ4v) is 3.02. The lowest BCUT2D eigenvalue weighted by Crippen LogP contribution is -2.15. The van der Waals surface area contributed by atoms with Crippen molar-refractivity contribution in [1.82, 2.24) is 0 Å². The Bertz CT molecular complexity index is 1120. The van der Waals surface area contributed by atoms with Gasteiger partial charge in [-0.2, -0.15) is 5.26 Å². The highest BCUT2D eigenvalue weighted by molar-refractivity contribution is 5.94. The first-order chi connectivity index (χ1) is 14.5. The number of nitriles is 1. The van der Waals surface area contributed by atoms with Crippen LogP contribution in [0.2, 0.25) is 0 Å². The van der Waals surface area contributed by atoms with Crippen LogP contribution in [-0.2, 0) is 17.8 Å². The molecule has 0 saturated carbocycles. The van der Waals surface area contributed by atoms with E-state index in [0.29, 0.717) is 34.7 Å². The number of anilines is 1. The van der Waals surface area contributed by atoms with Crippen LogP contribution in [0, 0.1) is 18.3 Å². The minimum absolute atomic E-state index is 0.0133. The summed E-state index contributed by atoms with van der Waals surface area (Å²) in [5, 5.41) is 21.1. The maximum Gasteiger partial charge on any atom is 0.335 e. The van der Waals surface area contributed by atoms with Gasteiger partial charge in [0.1, 0.15) is 12.4 Å². The number of carboxylic acids is 1. The Morgan fingerprint density at radius 2 is 1.83 bits per heavy atom. The summed E-state index contributed by atoms with van der Waals surface area (Å²) in [4.78, 5) is 23.7. The molecule has 0 aliphatic carbocycles. The first-order valence-electron chi connectivity index (χ1n) is 9.30. The Hall–Kier alpha value is -4.11. The first-order valence-corrected chi connectivity index (χ1v) is 9.30. The number of aryl methyl sites for hydroxylation is 1. The van der Waals surface area contributed by atoms with E-state index in [4.69, 9.17) is 9.84 Å². The molecule has 0 unspecified atom stereocenters. The maximum atomic E-state index is 12.6. The largest absolute Gasteiger partial charge is 0.489 e. The number of hydrogen-bond acceptors (Lipinski definition) is 4. The van der Waals surface area contributed by atoms with Crippen molar-refractivity contribution < 1.29 is 19.4 Å². The number of carboxylic acid groups (broad SMARTS) is 1. The predicted molar refractivity (Wildman–Crippen MR) is 112 cm³/mol. The number of benzene rings is 3. The third-order valence-corrected chi connectivity index (χ3v) is 4.52. The number of aromatic carboxylic acids is 1. The molecule has 3 rings (SSSR count). The SMILES string of the molecule is Cc1cc(NC(=O)Cc2cc(C#N)ccc2OCc2ccccc2)ccc1C(=O)O. The smallest absolute Gasteiger partial charge is 0.335 e. The minimum atomic E-state index is -1.01. The zero-order valence-electron chi connectivity index (χ0n) is 16.4. The number of rotatable bonds is 7. The molecule has 6 heteroatoms. The van der Waals surface area contributed by atoms with Crippen LogP contribution in [0.4, 0.5) is 5.69 Å². The molecular weight excluding hydrogens is 380 g/mol. The van der Waals surface area contributed by atoms with Gasteiger partial charge < -0.3 is 15.2 Å². The average Bonchev–Trinajstić information content (AvgIpc) is 2.73. The standard InChI is InChI=1S/C24H20N2O4/c1-16-11-20(8-9-21(16)24(28)29)26-23(27)13-19-12-18(14-25)7-10-22(19)30-15-17-5-3-2-4-6-17/h2-12H,13,15H2,1H3,(H,26,27)(H,28,29). The fraction of sp³-hybridized carbons (Fsp3) is 0.125. The summed E-state index contributed by atoms with van der Waals surface area (Å²) >= 11 is 0. The molecule has 0 spiro atoms. The van der Waals surface area contributed by atoms with Gasteiger partial charge in [0.05, 0.1) is 23.6 Å². The maximum absolute atomic E-state index is 12.6. The van der Waals surface area contributed by atoms with E-state index in [9.17, 15) is 14.9 Å². The van der Waals surface area contributed by atoms with Crippen LogP contribution in [-0.4, -0.2) is 17.0 Å². The summed E-state index contributed by atoms with van der Waals surface area (Å²) in [5.74, 6) is -0.776. The molecule has 1 amide bonds. The number of nitrogens with zero attached hydrogens (tertiary/aromatic N) is 1. The molecule has 0 radical (unpaired) electrons. The van der Waals surface area contributed by atoms with Gasteiger partial charge in [-0.05, 0) is 54.4 Å². The summed E-state index contributed by atoms with van der Waals surface area (Å²) in [7, 11) is 0. The molecule has 0 bridgehead atoms. The second-order valence-corrected chi connectivity index (χ2v) is 6.77. The first kappa shape index (κ1) is 20.6. The van der Waals surface area contributed by atoms with Crippen molar-refractivity contribution in [3.63, 3.8) is 0 Å². The van der Waals surface area contributed by atoms with Gasteiger partial charge >= 0.3 is 5.97 Å². The molecule has 0 aromatic heterocycles. The van der Waals surface area contributed by atoms with Crippen LogP contribution in [0.25, 0.3) is 0 Å². The zero-order valence-corrected chi connectivity index (χ0v) is 16.4. The van der Waals surface area contributed by atoms with Gasteiger partial charge in [-0.15, -0.1) is 0 Å². The van der Waals surface area contributed by atoms with E-state index in [1.54, 1.807) is 37.3 Å². The van der Waals surface area contributed by atoms with Gasteiger partial charge in [0.2, 0.25) is 5.91 Å². The molecule has 0 atom stereocenters.